The van der Waals surface area contributed by atoms with Gasteiger partial charge in [-0.2, -0.15) is 0 Å². The van der Waals surface area contributed by atoms with Crippen molar-refractivity contribution in [3.8, 4) is 0 Å². The van der Waals surface area contributed by atoms with Gasteiger partial charge >= 0.3 is 0 Å². The number of hydrogen-bond donors (Lipinski definition) is 1. The van der Waals surface area contributed by atoms with Crippen LogP contribution in [0.15, 0.2) is 60.7 Å². The van der Waals surface area contributed by atoms with E-state index in [4.69, 9.17) is 0 Å². The second-order valence-corrected chi connectivity index (χ2v) is 5.16. The highest BCUT2D eigenvalue weighted by Gasteiger charge is 2.29. The molecule has 0 spiro atoms. The largest absolute Gasteiger partial charge is 0.388 e. The fraction of sp³-hybridized carbons (Fsp3) is 0.222. The SMILES string of the molecule is OC1c2ccccc2CC1CC=Cc1ccccc1. The summed E-state index contributed by atoms with van der Waals surface area (Å²) in [6, 6.07) is 18.5. The van der Waals surface area contributed by atoms with E-state index in [2.05, 4.69) is 30.4 Å². The highest BCUT2D eigenvalue weighted by atomic mass is 16.3. The first-order valence-electron chi connectivity index (χ1n) is 6.82. The molecular weight excluding hydrogens is 232 g/mol. The number of aliphatic hydroxyl groups excluding tert-OH is 1. The Kier molecular flexibility index (Phi) is 3.47. The van der Waals surface area contributed by atoms with Gasteiger partial charge in [0, 0.05) is 0 Å². The van der Waals surface area contributed by atoms with Gasteiger partial charge in [-0.25, -0.2) is 0 Å². The number of rotatable bonds is 3. The Labute approximate surface area is 114 Å². The molecule has 1 aliphatic rings. The minimum Gasteiger partial charge on any atom is -0.388 e. The molecule has 19 heavy (non-hydrogen) atoms. The van der Waals surface area contributed by atoms with E-state index >= 15 is 0 Å². The molecule has 0 heterocycles. The lowest BCUT2D eigenvalue weighted by molar-refractivity contribution is 0.125. The number of benzene rings is 2. The first kappa shape index (κ1) is 12.2. The summed E-state index contributed by atoms with van der Waals surface area (Å²) in [7, 11) is 0. The van der Waals surface area contributed by atoms with E-state index < -0.39 is 0 Å². The maximum absolute atomic E-state index is 10.3. The lowest BCUT2D eigenvalue weighted by Crippen LogP contribution is -2.05. The highest BCUT2D eigenvalue weighted by Crippen LogP contribution is 2.37. The fourth-order valence-electron chi connectivity index (χ4n) is 2.81. The summed E-state index contributed by atoms with van der Waals surface area (Å²) < 4.78 is 0. The van der Waals surface area contributed by atoms with Crippen LogP contribution < -0.4 is 0 Å². The monoisotopic (exact) mass is 250 g/mol. The van der Waals surface area contributed by atoms with Gasteiger partial charge in [0.2, 0.25) is 0 Å². The third-order valence-corrected chi connectivity index (χ3v) is 3.85. The molecule has 0 fully saturated rings. The zero-order valence-corrected chi connectivity index (χ0v) is 10.9. The van der Waals surface area contributed by atoms with Crippen LogP contribution in [0.1, 0.15) is 29.2 Å². The van der Waals surface area contributed by atoms with Gasteiger partial charge in [-0.3, -0.25) is 0 Å². The summed E-state index contributed by atoms with van der Waals surface area (Å²) in [5.41, 5.74) is 3.63. The molecule has 0 aromatic heterocycles. The van der Waals surface area contributed by atoms with Crippen molar-refractivity contribution in [1.29, 1.82) is 0 Å². The standard InChI is InChI=1S/C18H18O/c19-18-16(13-15-10-4-5-12-17(15)18)11-6-9-14-7-2-1-3-8-14/h1-10,12,16,18-19H,11,13H2. The zero-order chi connectivity index (χ0) is 13.1. The molecule has 2 atom stereocenters. The molecule has 0 saturated heterocycles. The van der Waals surface area contributed by atoms with Gasteiger partial charge in [0.1, 0.15) is 0 Å². The van der Waals surface area contributed by atoms with E-state index in [1.807, 2.05) is 36.4 Å². The molecular formula is C18H18O. The van der Waals surface area contributed by atoms with Gasteiger partial charge in [0.05, 0.1) is 6.10 Å². The van der Waals surface area contributed by atoms with Crippen LogP contribution in [0.4, 0.5) is 0 Å². The Hall–Kier alpha value is -1.86. The van der Waals surface area contributed by atoms with Gasteiger partial charge in [-0.15, -0.1) is 0 Å². The molecule has 1 heteroatoms. The lowest BCUT2D eigenvalue weighted by Gasteiger charge is -2.12. The van der Waals surface area contributed by atoms with Crippen molar-refractivity contribution in [2.24, 2.45) is 5.92 Å². The number of allylic oxidation sites excluding steroid dienone is 1. The molecule has 2 unspecified atom stereocenters. The van der Waals surface area contributed by atoms with Gasteiger partial charge in [-0.05, 0) is 35.4 Å². The summed E-state index contributed by atoms with van der Waals surface area (Å²) in [5, 5.41) is 10.3. The average Bonchev–Trinajstić information content (AvgIpc) is 2.78. The van der Waals surface area contributed by atoms with Gasteiger partial charge in [0.15, 0.2) is 0 Å². The number of aliphatic hydroxyl groups is 1. The van der Waals surface area contributed by atoms with Crippen LogP contribution >= 0.6 is 0 Å². The second-order valence-electron chi connectivity index (χ2n) is 5.16. The molecule has 0 amide bonds. The number of hydrogen-bond acceptors (Lipinski definition) is 1. The predicted molar refractivity (Wildman–Crippen MR) is 78.7 cm³/mol. The highest BCUT2D eigenvalue weighted by molar-refractivity contribution is 5.48. The van der Waals surface area contributed by atoms with Crippen LogP contribution in [0.25, 0.3) is 6.08 Å². The van der Waals surface area contributed by atoms with E-state index in [1.165, 1.54) is 11.1 Å². The van der Waals surface area contributed by atoms with Crippen LogP contribution in [-0.2, 0) is 6.42 Å². The van der Waals surface area contributed by atoms with E-state index in [-0.39, 0.29) is 6.10 Å². The van der Waals surface area contributed by atoms with Crippen LogP contribution in [0.5, 0.6) is 0 Å². The van der Waals surface area contributed by atoms with Crippen LogP contribution in [0, 0.1) is 5.92 Å². The molecule has 0 bridgehead atoms. The Bertz CT molecular complexity index is 571. The van der Waals surface area contributed by atoms with Crippen molar-refractivity contribution >= 4 is 6.08 Å². The zero-order valence-electron chi connectivity index (χ0n) is 10.9. The van der Waals surface area contributed by atoms with Crippen molar-refractivity contribution in [2.45, 2.75) is 18.9 Å². The minimum absolute atomic E-state index is 0.309. The molecule has 3 rings (SSSR count). The first-order valence-corrected chi connectivity index (χ1v) is 6.82. The third kappa shape index (κ3) is 2.61. The maximum atomic E-state index is 10.3. The molecule has 1 N–H and O–H groups in total. The van der Waals surface area contributed by atoms with E-state index in [1.54, 1.807) is 0 Å². The normalized spacial score (nSPS) is 21.7. The van der Waals surface area contributed by atoms with Crippen molar-refractivity contribution < 1.29 is 5.11 Å². The summed E-state index contributed by atoms with van der Waals surface area (Å²) in [6.45, 7) is 0. The third-order valence-electron chi connectivity index (χ3n) is 3.85. The molecule has 0 radical (unpaired) electrons. The van der Waals surface area contributed by atoms with Crippen molar-refractivity contribution in [3.05, 3.63) is 77.4 Å². The van der Waals surface area contributed by atoms with Crippen LogP contribution in [0.2, 0.25) is 0 Å². The number of fused-ring (bicyclic) bond motifs is 1. The van der Waals surface area contributed by atoms with Crippen molar-refractivity contribution in [3.63, 3.8) is 0 Å². The molecule has 2 aromatic rings. The lowest BCUT2D eigenvalue weighted by atomic mass is 9.99. The summed E-state index contributed by atoms with van der Waals surface area (Å²) >= 11 is 0. The topological polar surface area (TPSA) is 20.2 Å². The fourth-order valence-corrected chi connectivity index (χ4v) is 2.81. The Morgan fingerprint density at radius 3 is 2.53 bits per heavy atom. The Morgan fingerprint density at radius 1 is 1.00 bits per heavy atom. The minimum atomic E-state index is -0.309. The maximum Gasteiger partial charge on any atom is 0.0827 e. The molecule has 0 aliphatic heterocycles. The molecule has 96 valence electrons. The summed E-state index contributed by atoms with van der Waals surface area (Å²) in [6.07, 6.45) is 5.91. The molecule has 0 saturated carbocycles. The van der Waals surface area contributed by atoms with Gasteiger partial charge in [-0.1, -0.05) is 66.7 Å². The smallest absolute Gasteiger partial charge is 0.0827 e. The van der Waals surface area contributed by atoms with Crippen molar-refractivity contribution in [1.82, 2.24) is 0 Å². The van der Waals surface area contributed by atoms with E-state index in [9.17, 15) is 5.11 Å². The van der Waals surface area contributed by atoms with Crippen LogP contribution in [-0.4, -0.2) is 5.11 Å². The summed E-state index contributed by atoms with van der Waals surface area (Å²) in [4.78, 5) is 0. The first-order chi connectivity index (χ1) is 9.34. The second kappa shape index (κ2) is 5.41. The Balaban J connectivity index is 1.65. The van der Waals surface area contributed by atoms with Crippen LogP contribution in [0.3, 0.4) is 0 Å². The average molecular weight is 250 g/mol. The molecule has 2 aromatic carbocycles. The van der Waals surface area contributed by atoms with Gasteiger partial charge in [0.25, 0.3) is 0 Å². The van der Waals surface area contributed by atoms with E-state index in [0.29, 0.717) is 5.92 Å². The predicted octanol–water partition coefficient (Wildman–Crippen LogP) is 4.00. The quantitative estimate of drug-likeness (QED) is 0.873. The Morgan fingerprint density at radius 2 is 1.74 bits per heavy atom. The van der Waals surface area contributed by atoms with E-state index in [0.717, 1.165) is 18.4 Å². The summed E-state index contributed by atoms with van der Waals surface area (Å²) in [5.74, 6) is 0.317. The van der Waals surface area contributed by atoms with Gasteiger partial charge < -0.3 is 5.11 Å². The molecule has 1 aliphatic carbocycles. The van der Waals surface area contributed by atoms with Crippen molar-refractivity contribution in [2.75, 3.05) is 0 Å². The molecule has 1 nitrogen and oxygen atoms in total.